The molecule has 0 aliphatic rings. The zero-order valence-electron chi connectivity index (χ0n) is 10.8. The van der Waals surface area contributed by atoms with Gasteiger partial charge in [0.1, 0.15) is 5.76 Å². The van der Waals surface area contributed by atoms with E-state index in [-0.39, 0.29) is 17.1 Å². The molecule has 5 nitrogen and oxygen atoms in total. The van der Waals surface area contributed by atoms with E-state index in [1.54, 1.807) is 31.2 Å². The first-order chi connectivity index (χ1) is 9.56. The third-order valence-electron chi connectivity index (χ3n) is 2.59. The molecule has 0 aliphatic carbocycles. The normalized spacial score (nSPS) is 10.7. The molecule has 0 saturated heterocycles. The second-order valence-corrected chi connectivity index (χ2v) is 4.12. The molecule has 0 fully saturated rings. The highest BCUT2D eigenvalue weighted by atomic mass is 16.4. The Morgan fingerprint density at radius 3 is 2.40 bits per heavy atom. The molecule has 0 radical (unpaired) electrons. The van der Waals surface area contributed by atoms with Crippen LogP contribution < -0.4 is 10.4 Å². The molecular formula is C15H12NO4-. The van der Waals surface area contributed by atoms with Gasteiger partial charge >= 0.3 is 0 Å². The number of rotatable bonds is 5. The Bertz CT molecular complexity index is 653. The second kappa shape index (κ2) is 5.88. The summed E-state index contributed by atoms with van der Waals surface area (Å²) in [4.78, 5) is 22.3. The molecule has 0 aliphatic heterocycles. The quantitative estimate of drug-likeness (QED) is 0.661. The van der Waals surface area contributed by atoms with Crippen molar-refractivity contribution in [2.75, 3.05) is 5.32 Å². The Morgan fingerprint density at radius 2 is 1.85 bits per heavy atom. The minimum Gasteiger partial charge on any atom is -0.545 e. The van der Waals surface area contributed by atoms with Gasteiger partial charge < -0.3 is 19.6 Å². The minimum absolute atomic E-state index is 0.0988. The van der Waals surface area contributed by atoms with Crippen LogP contribution in [-0.4, -0.2) is 11.8 Å². The number of hydrogen-bond acceptors (Lipinski definition) is 5. The van der Waals surface area contributed by atoms with Gasteiger partial charge in [0, 0.05) is 18.0 Å². The Hall–Kier alpha value is -2.82. The van der Waals surface area contributed by atoms with Gasteiger partial charge in [-0.15, -0.1) is 0 Å². The standard InChI is InChI=1S/C15H13NO4/c1-10-2-7-14(20-10)13(17)8-9-16-12-5-3-11(4-6-12)15(18)19/h2-9,16H,1H3,(H,18,19)/p-1/b9-8+. The molecule has 20 heavy (non-hydrogen) atoms. The molecule has 0 atom stereocenters. The molecule has 5 heteroatoms. The maximum absolute atomic E-state index is 11.7. The van der Waals surface area contributed by atoms with E-state index in [2.05, 4.69) is 5.32 Å². The molecule has 1 aromatic carbocycles. The molecule has 0 bridgehead atoms. The van der Waals surface area contributed by atoms with E-state index < -0.39 is 5.97 Å². The molecule has 1 heterocycles. The Kier molecular flexibility index (Phi) is 4.00. The number of aryl methyl sites for hydroxylation is 1. The molecule has 2 aromatic rings. The Labute approximate surface area is 115 Å². The van der Waals surface area contributed by atoms with Crippen LogP contribution in [0.5, 0.6) is 0 Å². The highest BCUT2D eigenvalue weighted by molar-refractivity contribution is 6.02. The summed E-state index contributed by atoms with van der Waals surface area (Å²) in [5.74, 6) is -0.534. The maximum Gasteiger partial charge on any atom is 0.222 e. The number of allylic oxidation sites excluding steroid dienone is 1. The summed E-state index contributed by atoms with van der Waals surface area (Å²) in [6, 6.07) is 9.32. The number of benzene rings is 1. The summed E-state index contributed by atoms with van der Waals surface area (Å²) >= 11 is 0. The number of carbonyl (C=O) groups is 2. The maximum atomic E-state index is 11.7. The lowest BCUT2D eigenvalue weighted by Gasteiger charge is -2.04. The van der Waals surface area contributed by atoms with Crippen molar-refractivity contribution in [1.82, 2.24) is 0 Å². The van der Waals surface area contributed by atoms with Gasteiger partial charge in [-0.25, -0.2) is 0 Å². The summed E-state index contributed by atoms with van der Waals surface area (Å²) in [6.07, 6.45) is 2.80. The minimum atomic E-state index is -1.23. The van der Waals surface area contributed by atoms with Crippen molar-refractivity contribution in [3.05, 3.63) is 65.8 Å². The number of aromatic carboxylic acids is 1. The van der Waals surface area contributed by atoms with Crippen molar-refractivity contribution < 1.29 is 19.1 Å². The first kappa shape index (κ1) is 13.6. The number of hydrogen-bond donors (Lipinski definition) is 1. The molecule has 2 rings (SSSR count). The van der Waals surface area contributed by atoms with Crippen LogP contribution in [0.3, 0.4) is 0 Å². The number of carbonyl (C=O) groups excluding carboxylic acids is 2. The highest BCUT2D eigenvalue weighted by Crippen LogP contribution is 2.10. The summed E-state index contributed by atoms with van der Waals surface area (Å²) < 4.78 is 5.19. The van der Waals surface area contributed by atoms with E-state index in [0.717, 1.165) is 0 Å². The lowest BCUT2D eigenvalue weighted by atomic mass is 10.2. The van der Waals surface area contributed by atoms with Crippen molar-refractivity contribution in [2.45, 2.75) is 6.92 Å². The fourth-order valence-electron chi connectivity index (χ4n) is 1.57. The van der Waals surface area contributed by atoms with Crippen molar-refractivity contribution in [3.63, 3.8) is 0 Å². The molecule has 0 saturated carbocycles. The van der Waals surface area contributed by atoms with Gasteiger partial charge in [0.25, 0.3) is 0 Å². The fourth-order valence-corrected chi connectivity index (χ4v) is 1.57. The largest absolute Gasteiger partial charge is 0.545 e. The smallest absolute Gasteiger partial charge is 0.222 e. The van der Waals surface area contributed by atoms with Gasteiger partial charge in [0.2, 0.25) is 5.78 Å². The average Bonchev–Trinajstić information content (AvgIpc) is 2.86. The topological polar surface area (TPSA) is 82.4 Å². The van der Waals surface area contributed by atoms with Crippen molar-refractivity contribution in [1.29, 1.82) is 0 Å². The predicted molar refractivity (Wildman–Crippen MR) is 71.3 cm³/mol. The molecule has 102 valence electrons. The Morgan fingerprint density at radius 1 is 1.15 bits per heavy atom. The summed E-state index contributed by atoms with van der Waals surface area (Å²) in [5.41, 5.74) is 0.761. The Balaban J connectivity index is 1.96. The zero-order chi connectivity index (χ0) is 14.5. The number of carboxylic acids is 1. The van der Waals surface area contributed by atoms with E-state index in [1.165, 1.54) is 24.4 Å². The van der Waals surface area contributed by atoms with Gasteiger partial charge in [0.05, 0.1) is 5.97 Å². The van der Waals surface area contributed by atoms with Gasteiger partial charge in [-0.1, -0.05) is 12.1 Å². The van der Waals surface area contributed by atoms with Crippen molar-refractivity contribution in [2.24, 2.45) is 0 Å². The van der Waals surface area contributed by atoms with E-state index >= 15 is 0 Å². The molecule has 0 unspecified atom stereocenters. The van der Waals surface area contributed by atoms with Crippen LogP contribution in [0.1, 0.15) is 26.7 Å². The first-order valence-corrected chi connectivity index (χ1v) is 5.91. The number of anilines is 1. The lowest BCUT2D eigenvalue weighted by Crippen LogP contribution is -2.21. The van der Waals surface area contributed by atoms with Crippen LogP contribution in [0.4, 0.5) is 5.69 Å². The summed E-state index contributed by atoms with van der Waals surface area (Å²) in [5, 5.41) is 13.4. The van der Waals surface area contributed by atoms with Crippen LogP contribution in [0.2, 0.25) is 0 Å². The third-order valence-corrected chi connectivity index (χ3v) is 2.59. The lowest BCUT2D eigenvalue weighted by molar-refractivity contribution is -0.255. The molecule has 0 spiro atoms. The molecule has 0 amide bonds. The summed E-state index contributed by atoms with van der Waals surface area (Å²) in [7, 11) is 0. The second-order valence-electron chi connectivity index (χ2n) is 4.12. The average molecular weight is 270 g/mol. The van der Waals surface area contributed by atoms with Crippen LogP contribution in [0.15, 0.2) is 53.1 Å². The molecular weight excluding hydrogens is 258 g/mol. The number of furan rings is 1. The number of carboxylic acid groups (broad SMARTS) is 1. The number of ketones is 1. The van der Waals surface area contributed by atoms with Crippen molar-refractivity contribution >= 4 is 17.4 Å². The van der Waals surface area contributed by atoms with Crippen molar-refractivity contribution in [3.8, 4) is 0 Å². The number of nitrogens with one attached hydrogen (secondary N) is 1. The van der Waals surface area contributed by atoms with E-state index in [4.69, 9.17) is 4.42 Å². The van der Waals surface area contributed by atoms with E-state index in [9.17, 15) is 14.7 Å². The van der Waals surface area contributed by atoms with Crippen LogP contribution >= 0.6 is 0 Å². The van der Waals surface area contributed by atoms with Crippen LogP contribution in [0, 0.1) is 6.92 Å². The van der Waals surface area contributed by atoms with Gasteiger partial charge in [0.15, 0.2) is 5.76 Å². The fraction of sp³-hybridized carbons (Fsp3) is 0.0667. The highest BCUT2D eigenvalue weighted by Gasteiger charge is 2.05. The SMILES string of the molecule is Cc1ccc(C(=O)/C=C/Nc2ccc(C(=O)[O-])cc2)o1. The predicted octanol–water partition coefficient (Wildman–Crippen LogP) is 1.76. The van der Waals surface area contributed by atoms with E-state index in [1.807, 2.05) is 0 Å². The molecule has 1 aromatic heterocycles. The van der Waals surface area contributed by atoms with Crippen LogP contribution in [0.25, 0.3) is 0 Å². The monoisotopic (exact) mass is 270 g/mol. The van der Waals surface area contributed by atoms with E-state index in [0.29, 0.717) is 11.4 Å². The van der Waals surface area contributed by atoms with Crippen LogP contribution in [-0.2, 0) is 0 Å². The molecule has 1 N–H and O–H groups in total. The first-order valence-electron chi connectivity index (χ1n) is 5.91. The van der Waals surface area contributed by atoms with Gasteiger partial charge in [-0.05, 0) is 36.8 Å². The zero-order valence-corrected chi connectivity index (χ0v) is 10.8. The summed E-state index contributed by atoms with van der Waals surface area (Å²) in [6.45, 7) is 1.76. The van der Waals surface area contributed by atoms with Gasteiger partial charge in [-0.2, -0.15) is 0 Å². The third kappa shape index (κ3) is 3.35. The van der Waals surface area contributed by atoms with Gasteiger partial charge in [-0.3, -0.25) is 4.79 Å².